The Bertz CT molecular complexity index is 2720. The Balaban J connectivity index is 0.00000310. The Hall–Kier alpha value is -3.19. The first-order chi connectivity index (χ1) is 26.4. The average Bonchev–Trinajstić information content (AvgIpc) is 3.13. The van der Waals surface area contributed by atoms with E-state index in [1.165, 1.54) is 24.3 Å². The third-order valence-electron chi connectivity index (χ3n) is 8.25. The number of aromatic carboxylic acids is 2. The molecule has 0 heterocycles. The Morgan fingerprint density at radius 2 is 0.733 bits per heavy atom. The number of benzene rings is 6. The van der Waals surface area contributed by atoms with E-state index in [4.69, 9.17) is 0 Å². The van der Waals surface area contributed by atoms with Crippen molar-refractivity contribution in [3.63, 3.8) is 0 Å². The second kappa shape index (κ2) is 21.7. The van der Waals surface area contributed by atoms with E-state index in [-0.39, 0.29) is 152 Å². The second-order valence-electron chi connectivity index (χ2n) is 12.0. The molecule has 6 aromatic rings. The molecule has 0 aliphatic rings. The van der Waals surface area contributed by atoms with Gasteiger partial charge in [0.25, 0.3) is 32.1 Å². The topological polar surface area (TPSA) is 283 Å². The van der Waals surface area contributed by atoms with Crippen LogP contribution in [0.1, 0.15) is 41.4 Å². The molecule has 0 aliphatic heterocycles. The Kier molecular flexibility index (Phi) is 19.2. The predicted octanol–water partition coefficient (Wildman–Crippen LogP) is 3.44. The van der Waals surface area contributed by atoms with Crippen LogP contribution in [0.3, 0.4) is 0 Å². The van der Waals surface area contributed by atoms with Gasteiger partial charge in [0.15, 0.2) is 0 Å². The number of carboxylic acid groups (broad SMARTS) is 2. The van der Waals surface area contributed by atoms with Crippen molar-refractivity contribution in [1.82, 2.24) is 0 Å². The van der Waals surface area contributed by atoms with Crippen LogP contribution in [0.15, 0.2) is 119 Å². The maximum absolute atomic E-state index is 13.3. The van der Waals surface area contributed by atoms with Crippen molar-refractivity contribution in [1.29, 1.82) is 0 Å². The summed E-state index contributed by atoms with van der Waals surface area (Å²) in [6.07, 6.45) is 0. The zero-order valence-electron chi connectivity index (χ0n) is 28.2. The summed E-state index contributed by atoms with van der Waals surface area (Å²) in [7, 11) is -10.3. The van der Waals surface area contributed by atoms with Gasteiger partial charge in [-0.2, -0.15) is 16.8 Å². The molecule has 23 heteroatoms. The summed E-state index contributed by atoms with van der Waals surface area (Å²) < 4.78 is 69.3. The van der Waals surface area contributed by atoms with Crippen molar-refractivity contribution >= 4 is 213 Å². The zero-order valence-corrected chi connectivity index (χ0v) is 29.8. The van der Waals surface area contributed by atoms with Crippen molar-refractivity contribution in [2.75, 3.05) is 21.3 Å². The van der Waals surface area contributed by atoms with Gasteiger partial charge < -0.3 is 31.5 Å². The van der Waals surface area contributed by atoms with Crippen molar-refractivity contribution in [2.24, 2.45) is 0 Å². The molecule has 4 amide bonds. The van der Waals surface area contributed by atoms with Crippen molar-refractivity contribution in [2.45, 2.75) is 9.79 Å². The van der Waals surface area contributed by atoms with Crippen LogP contribution in [0.2, 0.25) is 0 Å². The van der Waals surface area contributed by atoms with Crippen LogP contribution in [-0.4, -0.2) is 184 Å². The summed E-state index contributed by atoms with van der Waals surface area (Å²) >= 11 is 0. The van der Waals surface area contributed by atoms with E-state index in [1.54, 1.807) is 48.5 Å². The number of amides is 4. The molecular formula is C37H30N4Na4O13S2. The maximum atomic E-state index is 13.3. The summed E-state index contributed by atoms with van der Waals surface area (Å²) in [5.41, 5.74) is -2.76. The fourth-order valence-electron chi connectivity index (χ4n) is 5.72. The minimum atomic E-state index is -5.14. The molecule has 0 saturated carbocycles. The van der Waals surface area contributed by atoms with Crippen LogP contribution in [0, 0.1) is 0 Å². The summed E-state index contributed by atoms with van der Waals surface area (Å²) in [4.78, 5) is 61.4. The summed E-state index contributed by atoms with van der Waals surface area (Å²) in [6, 6.07) is 23.1. The second-order valence-corrected chi connectivity index (χ2v) is 14.7. The molecule has 0 aliphatic carbocycles. The number of fused-ring (bicyclic) bond motifs is 2. The van der Waals surface area contributed by atoms with Gasteiger partial charge in [0.1, 0.15) is 9.79 Å². The monoisotopic (exact) mass is 894 g/mol. The van der Waals surface area contributed by atoms with Crippen LogP contribution >= 0.6 is 0 Å². The van der Waals surface area contributed by atoms with Gasteiger partial charge in [0.2, 0.25) is 0 Å². The molecule has 60 heavy (non-hydrogen) atoms. The molecular weight excluding hydrogens is 865 g/mol. The van der Waals surface area contributed by atoms with E-state index in [9.17, 15) is 60.1 Å². The number of nitrogens with one attached hydrogen (secondary N) is 4. The van der Waals surface area contributed by atoms with Crippen LogP contribution in [0.4, 0.5) is 27.5 Å². The zero-order chi connectivity index (χ0) is 40.5. The van der Waals surface area contributed by atoms with Gasteiger partial charge in [-0.05, 0) is 82.2 Å². The van der Waals surface area contributed by atoms with Crippen LogP contribution in [0.25, 0.3) is 21.5 Å². The number of carbonyl (C=O) groups is 5. The van der Waals surface area contributed by atoms with Gasteiger partial charge in [0, 0.05) is 11.4 Å². The number of carboxylic acids is 2. The first-order valence-corrected chi connectivity index (χ1v) is 18.7. The molecule has 8 N–H and O–H groups in total. The molecule has 0 atom stereocenters. The first kappa shape index (κ1) is 52.9. The number of carbonyl (C=O) groups excluding carboxylic acids is 3. The number of urea groups is 1. The molecule has 0 saturated heterocycles. The number of rotatable bonds is 10. The third kappa shape index (κ3) is 12.5. The van der Waals surface area contributed by atoms with E-state index in [1.807, 2.05) is 0 Å². The number of hydrogen-bond donors (Lipinski definition) is 8. The van der Waals surface area contributed by atoms with Crippen molar-refractivity contribution in [3.8, 4) is 0 Å². The minimum absolute atomic E-state index is 0. The number of anilines is 4. The van der Waals surface area contributed by atoms with Gasteiger partial charge in [0.05, 0.1) is 33.6 Å². The molecule has 0 bridgehead atoms. The number of hydrogen-bond acceptors (Lipinski definition) is 9. The summed E-state index contributed by atoms with van der Waals surface area (Å²) in [5, 5.41) is 30.8. The molecule has 6 rings (SSSR count). The van der Waals surface area contributed by atoms with E-state index in [0.717, 1.165) is 36.4 Å². The average molecular weight is 895 g/mol. The van der Waals surface area contributed by atoms with E-state index in [2.05, 4.69) is 21.3 Å². The Morgan fingerprint density at radius 3 is 1.03 bits per heavy atom. The molecule has 6 aromatic carbocycles. The van der Waals surface area contributed by atoms with Crippen LogP contribution in [0.5, 0.6) is 0 Å². The molecule has 17 nitrogen and oxygen atoms in total. The Labute approximate surface area is 429 Å². The quantitative estimate of drug-likeness (QED) is 0.0724. The Morgan fingerprint density at radius 1 is 0.417 bits per heavy atom. The van der Waals surface area contributed by atoms with Crippen LogP contribution < -0.4 is 21.3 Å². The van der Waals surface area contributed by atoms with Crippen molar-refractivity contribution in [3.05, 3.63) is 131 Å². The predicted molar refractivity (Wildman–Crippen MR) is 231 cm³/mol. The molecule has 0 aromatic heterocycles. The fourth-order valence-corrected chi connectivity index (χ4v) is 7.15. The van der Waals surface area contributed by atoms with E-state index >= 15 is 0 Å². The standard InChI is InChI=1S/C37H26N4O13S2.4Na.4H/c42-33(40-29-15-21-7-3-1-5-19(21)13-27(29)35(44)45)25-11-9-23(17-31(25)55(49,50)51)38-37(48)39-24-10-12-26(32(18-24)56(52,53)54)34(43)41-30-16-22-8-4-2-6-20(22)14-28(30)36(46)47;;;;;;;;/h1-18H,(H,40,42)(H,41,43)(H,44,45)(H,46,47)(H2,38,39,48)(H,49,50,51)(H,52,53,54);;;;;;;;. The van der Waals surface area contributed by atoms with Gasteiger partial charge in [-0.1, -0.05) is 48.5 Å². The van der Waals surface area contributed by atoms with Crippen molar-refractivity contribution < 1.29 is 60.1 Å². The summed E-state index contributed by atoms with van der Waals surface area (Å²) in [5.74, 6) is -5.01. The van der Waals surface area contributed by atoms with Gasteiger partial charge in [-0.25, -0.2) is 14.4 Å². The van der Waals surface area contributed by atoms with E-state index in [0.29, 0.717) is 21.5 Å². The molecule has 0 fully saturated rings. The van der Waals surface area contributed by atoms with Crippen LogP contribution in [-0.2, 0) is 20.2 Å². The molecule has 0 unspecified atom stereocenters. The summed E-state index contributed by atoms with van der Waals surface area (Å²) in [6.45, 7) is 0. The van der Waals surface area contributed by atoms with E-state index < -0.39 is 70.9 Å². The SMILES string of the molecule is O=C(Nc1ccc(C(=O)Nc2cc3ccccc3cc2C(=O)O)c(S(=O)(=O)O)c1)Nc1ccc(C(=O)Nc2cc3ccccc3cc2C(=O)O)c(S(=O)(=O)O)c1.[NaH].[NaH].[NaH].[NaH]. The molecule has 292 valence electrons. The third-order valence-corrected chi connectivity index (χ3v) is 10.0. The normalized spacial score (nSPS) is 10.7. The first-order valence-electron chi connectivity index (χ1n) is 15.8. The van der Waals surface area contributed by atoms with Gasteiger partial charge in [-0.15, -0.1) is 0 Å². The molecule has 0 spiro atoms. The van der Waals surface area contributed by atoms with Gasteiger partial charge >= 0.3 is 136 Å². The molecule has 0 radical (unpaired) electrons. The van der Waals surface area contributed by atoms with Gasteiger partial charge in [-0.3, -0.25) is 18.7 Å². The fraction of sp³-hybridized carbons (Fsp3) is 0.